The molecule has 1 aromatic carbocycles. The molecule has 0 unspecified atom stereocenters. The lowest BCUT2D eigenvalue weighted by Gasteiger charge is -2.07. The molecule has 0 radical (unpaired) electrons. The van der Waals surface area contributed by atoms with E-state index < -0.39 is 16.2 Å². The summed E-state index contributed by atoms with van der Waals surface area (Å²) in [7, 11) is 0. The van der Waals surface area contributed by atoms with Gasteiger partial charge in [-0.2, -0.15) is 4.98 Å². The van der Waals surface area contributed by atoms with Crippen molar-refractivity contribution in [2.75, 3.05) is 0 Å². The summed E-state index contributed by atoms with van der Waals surface area (Å²) in [6, 6.07) is 13.5. The first kappa shape index (κ1) is 14.8. The van der Waals surface area contributed by atoms with Crippen molar-refractivity contribution in [1.29, 1.82) is 0 Å². The highest BCUT2D eigenvalue weighted by Gasteiger charge is 2.25. The minimum absolute atomic E-state index is 0.260. The molecule has 4 rings (SSSR count). The Hall–Kier alpha value is -3.81. The van der Waals surface area contributed by atoms with Crippen molar-refractivity contribution >= 4 is 22.2 Å². The van der Waals surface area contributed by atoms with Crippen LogP contribution in [0.3, 0.4) is 0 Å². The molecule has 0 saturated carbocycles. The lowest BCUT2D eigenvalue weighted by atomic mass is 10.2. The van der Waals surface area contributed by atoms with Crippen molar-refractivity contribution in [3.8, 4) is 11.6 Å². The Kier molecular flexibility index (Phi) is 3.35. The molecule has 8 nitrogen and oxygen atoms in total. The predicted molar refractivity (Wildman–Crippen MR) is 89.9 cm³/mol. The van der Waals surface area contributed by atoms with E-state index in [9.17, 15) is 14.9 Å². The number of rotatable bonds is 3. The largest absolute Gasteiger partial charge is 0.433 e. The topological polar surface area (TPSA) is 99.6 Å². The molecule has 122 valence electrons. The molecule has 0 N–H and O–H groups in total. The number of aromatic nitrogens is 3. The van der Waals surface area contributed by atoms with Gasteiger partial charge in [0.15, 0.2) is 0 Å². The third kappa shape index (κ3) is 2.55. The van der Waals surface area contributed by atoms with Crippen LogP contribution in [0, 0.1) is 10.1 Å². The average Bonchev–Trinajstić information content (AvgIpc) is 2.61. The summed E-state index contributed by atoms with van der Waals surface area (Å²) in [5.74, 6) is -0.0137. The Morgan fingerprint density at radius 2 is 2.00 bits per heavy atom. The van der Waals surface area contributed by atoms with Crippen molar-refractivity contribution < 1.29 is 9.66 Å². The zero-order valence-electron chi connectivity index (χ0n) is 12.7. The minimum atomic E-state index is -0.798. The monoisotopic (exact) mass is 334 g/mol. The number of nitro groups is 1. The number of benzene rings is 1. The summed E-state index contributed by atoms with van der Waals surface area (Å²) in [5, 5.41) is 12.2. The van der Waals surface area contributed by atoms with Gasteiger partial charge in [-0.3, -0.25) is 24.3 Å². The van der Waals surface area contributed by atoms with E-state index in [0.29, 0.717) is 5.75 Å². The van der Waals surface area contributed by atoms with E-state index in [1.807, 2.05) is 6.07 Å². The van der Waals surface area contributed by atoms with Gasteiger partial charge in [-0.05, 0) is 36.4 Å². The summed E-state index contributed by atoms with van der Waals surface area (Å²) in [4.78, 5) is 31.3. The predicted octanol–water partition coefficient (Wildman–Crippen LogP) is 2.94. The third-order valence-corrected chi connectivity index (χ3v) is 3.65. The van der Waals surface area contributed by atoms with E-state index in [-0.39, 0.29) is 11.5 Å². The van der Waals surface area contributed by atoms with Crippen LogP contribution in [0.25, 0.3) is 16.6 Å². The molecule has 0 fully saturated rings. The number of nitrogens with zero attached hydrogens (tertiary/aromatic N) is 4. The van der Waals surface area contributed by atoms with Crippen LogP contribution in [-0.4, -0.2) is 19.3 Å². The molecule has 0 spiro atoms. The number of pyridine rings is 2. The van der Waals surface area contributed by atoms with Gasteiger partial charge < -0.3 is 4.74 Å². The first-order chi connectivity index (χ1) is 12.1. The standard InChI is InChI=1S/C17H10N4O4/c22-17-15(21(23)24)16(19-14-5-1-2-9-20(14)17)25-12-6-7-13-11(10-12)4-3-8-18-13/h1-10H. The van der Waals surface area contributed by atoms with Crippen molar-refractivity contribution in [2.24, 2.45) is 0 Å². The number of hydrogen-bond donors (Lipinski definition) is 0. The maximum absolute atomic E-state index is 12.4. The van der Waals surface area contributed by atoms with E-state index in [0.717, 1.165) is 15.3 Å². The SMILES string of the molecule is O=c1c([N+](=O)[O-])c(Oc2ccc3ncccc3c2)nc2ccccn12. The molecule has 8 heteroatoms. The number of ether oxygens (including phenoxy) is 1. The number of hydrogen-bond acceptors (Lipinski definition) is 6. The van der Waals surface area contributed by atoms with Gasteiger partial charge in [0.1, 0.15) is 11.4 Å². The molecule has 0 amide bonds. The van der Waals surface area contributed by atoms with Gasteiger partial charge >= 0.3 is 17.1 Å². The van der Waals surface area contributed by atoms with Crippen LogP contribution in [0.5, 0.6) is 11.6 Å². The molecule has 0 aliphatic rings. The van der Waals surface area contributed by atoms with Gasteiger partial charge in [-0.15, -0.1) is 0 Å². The van der Waals surface area contributed by atoms with E-state index in [1.54, 1.807) is 48.7 Å². The molecule has 0 aliphatic carbocycles. The fraction of sp³-hybridized carbons (Fsp3) is 0. The molecule has 0 saturated heterocycles. The molecular formula is C17H10N4O4. The zero-order valence-corrected chi connectivity index (χ0v) is 12.7. The van der Waals surface area contributed by atoms with Crippen molar-refractivity contribution in [3.63, 3.8) is 0 Å². The van der Waals surface area contributed by atoms with Crippen LogP contribution in [-0.2, 0) is 0 Å². The van der Waals surface area contributed by atoms with Crippen LogP contribution in [0.1, 0.15) is 0 Å². The van der Waals surface area contributed by atoms with Crippen molar-refractivity contribution in [2.45, 2.75) is 0 Å². The maximum atomic E-state index is 12.4. The molecule has 0 atom stereocenters. The molecule has 25 heavy (non-hydrogen) atoms. The second kappa shape index (κ2) is 5.68. The third-order valence-electron chi connectivity index (χ3n) is 3.65. The zero-order chi connectivity index (χ0) is 17.4. The van der Waals surface area contributed by atoms with Gasteiger partial charge in [-0.1, -0.05) is 12.1 Å². The molecule has 3 heterocycles. The second-order valence-electron chi connectivity index (χ2n) is 5.22. The van der Waals surface area contributed by atoms with Gasteiger partial charge in [0.2, 0.25) is 0 Å². The van der Waals surface area contributed by atoms with Crippen LogP contribution in [0.4, 0.5) is 5.69 Å². The van der Waals surface area contributed by atoms with Gasteiger partial charge in [0, 0.05) is 17.8 Å². The average molecular weight is 334 g/mol. The van der Waals surface area contributed by atoms with Crippen LogP contribution in [0.2, 0.25) is 0 Å². The van der Waals surface area contributed by atoms with Crippen molar-refractivity contribution in [1.82, 2.24) is 14.4 Å². The van der Waals surface area contributed by atoms with Crippen LogP contribution in [0.15, 0.2) is 65.7 Å². The summed E-state index contributed by atoms with van der Waals surface area (Å²) < 4.78 is 6.68. The van der Waals surface area contributed by atoms with E-state index in [1.165, 1.54) is 6.20 Å². The van der Waals surface area contributed by atoms with Gasteiger partial charge in [0.05, 0.1) is 10.4 Å². The Morgan fingerprint density at radius 3 is 2.84 bits per heavy atom. The summed E-state index contributed by atoms with van der Waals surface area (Å²) in [6.07, 6.45) is 3.09. The lowest BCUT2D eigenvalue weighted by Crippen LogP contribution is -2.19. The minimum Gasteiger partial charge on any atom is -0.433 e. The first-order valence-corrected chi connectivity index (χ1v) is 7.32. The molecule has 4 aromatic rings. The first-order valence-electron chi connectivity index (χ1n) is 7.32. The van der Waals surface area contributed by atoms with E-state index in [4.69, 9.17) is 4.74 Å². The number of fused-ring (bicyclic) bond motifs is 2. The lowest BCUT2D eigenvalue weighted by molar-refractivity contribution is -0.387. The molecule has 0 bridgehead atoms. The molecular weight excluding hydrogens is 324 g/mol. The fourth-order valence-corrected chi connectivity index (χ4v) is 2.52. The van der Waals surface area contributed by atoms with Gasteiger partial charge in [0.25, 0.3) is 0 Å². The highest BCUT2D eigenvalue weighted by molar-refractivity contribution is 5.79. The van der Waals surface area contributed by atoms with E-state index >= 15 is 0 Å². The highest BCUT2D eigenvalue weighted by Crippen LogP contribution is 2.28. The van der Waals surface area contributed by atoms with Crippen molar-refractivity contribution in [3.05, 3.63) is 81.4 Å². The smallest absolute Gasteiger partial charge is 0.396 e. The summed E-state index contributed by atoms with van der Waals surface area (Å²) in [5.41, 5.74) is -0.491. The summed E-state index contributed by atoms with van der Waals surface area (Å²) >= 11 is 0. The highest BCUT2D eigenvalue weighted by atomic mass is 16.6. The maximum Gasteiger partial charge on any atom is 0.396 e. The Morgan fingerprint density at radius 1 is 1.12 bits per heavy atom. The van der Waals surface area contributed by atoms with E-state index in [2.05, 4.69) is 9.97 Å². The van der Waals surface area contributed by atoms with Gasteiger partial charge in [-0.25, -0.2) is 0 Å². The molecule has 0 aliphatic heterocycles. The quantitative estimate of drug-likeness (QED) is 0.422. The van der Waals surface area contributed by atoms with Crippen LogP contribution < -0.4 is 10.3 Å². The Labute approximate surface area is 140 Å². The molecule has 3 aromatic heterocycles. The Balaban J connectivity index is 1.88. The summed E-state index contributed by atoms with van der Waals surface area (Å²) in [6.45, 7) is 0. The Bertz CT molecular complexity index is 1190. The second-order valence-corrected chi connectivity index (χ2v) is 5.22. The normalized spacial score (nSPS) is 10.9. The van der Waals surface area contributed by atoms with Crippen LogP contribution >= 0.6 is 0 Å². The fourth-order valence-electron chi connectivity index (χ4n) is 2.52.